The van der Waals surface area contributed by atoms with Gasteiger partial charge in [0.25, 0.3) is 5.91 Å². The summed E-state index contributed by atoms with van der Waals surface area (Å²) >= 11 is 3.53. The number of urea groups is 1. The molecule has 0 spiro atoms. The van der Waals surface area contributed by atoms with E-state index in [2.05, 4.69) is 54.7 Å². The zero-order valence-corrected chi connectivity index (χ0v) is 31.4. The van der Waals surface area contributed by atoms with Crippen LogP contribution in [0.5, 0.6) is 0 Å². The molecule has 1 saturated heterocycles. The summed E-state index contributed by atoms with van der Waals surface area (Å²) in [6.07, 6.45) is 5.86. The Balaban J connectivity index is 0. The molecule has 0 radical (unpaired) electrons. The molecule has 13 heteroatoms. The van der Waals surface area contributed by atoms with Crippen LogP contribution in [0.15, 0.2) is 0 Å². The van der Waals surface area contributed by atoms with Gasteiger partial charge in [-0.05, 0) is 63.5 Å². The zero-order chi connectivity index (χ0) is 36.4. The lowest BCUT2D eigenvalue weighted by Crippen LogP contribution is -2.60. The number of nitrogens with zero attached hydrogens (tertiary/aromatic N) is 1. The second kappa shape index (κ2) is 21.9. The summed E-state index contributed by atoms with van der Waals surface area (Å²) in [5, 5.41) is 10.5. The molecule has 0 aromatic heterocycles. The van der Waals surface area contributed by atoms with Gasteiger partial charge >= 0.3 is 6.03 Å². The Morgan fingerprint density at radius 3 is 1.80 bits per heavy atom. The second-order valence-electron chi connectivity index (χ2n) is 14.2. The second-order valence-corrected chi connectivity index (χ2v) is 14.2. The number of amides is 6. The molecule has 1 aliphatic heterocycles. The van der Waals surface area contributed by atoms with Crippen molar-refractivity contribution in [1.29, 1.82) is 0 Å². The number of thiol groups is 1. The number of carbonyl (C=O) groups is 6. The lowest BCUT2D eigenvalue weighted by molar-refractivity contribution is -0.143. The van der Waals surface area contributed by atoms with Crippen LogP contribution in [0, 0.1) is 17.3 Å². The first-order chi connectivity index (χ1) is 21.2. The van der Waals surface area contributed by atoms with Crippen LogP contribution in [0.4, 0.5) is 4.79 Å². The minimum atomic E-state index is -1.10. The molecule has 0 aromatic rings. The largest absolute Gasteiger partial charge is 0.363 e. The molecule has 2 aliphatic rings. The number of nitrogens with one attached hydrogen (secondary N) is 4. The monoisotopic (exact) mass is 672 g/mol. The highest BCUT2D eigenvalue weighted by Gasteiger charge is 2.43. The van der Waals surface area contributed by atoms with Crippen molar-refractivity contribution in [3.05, 3.63) is 0 Å². The van der Waals surface area contributed by atoms with E-state index in [0.717, 1.165) is 25.2 Å². The first kappa shape index (κ1) is 45.3. The van der Waals surface area contributed by atoms with Crippen molar-refractivity contribution < 1.29 is 28.8 Å². The number of likely N-dealkylation sites (tertiary alicyclic amines) is 1. The Kier molecular flexibility index (Phi) is 21.5. The number of primary amides is 1. The highest BCUT2D eigenvalue weighted by atomic mass is 32.1. The van der Waals surface area contributed by atoms with Gasteiger partial charge in [0.05, 0.1) is 12.6 Å². The van der Waals surface area contributed by atoms with E-state index < -0.39 is 58.6 Å². The summed E-state index contributed by atoms with van der Waals surface area (Å²) in [6.45, 7) is 21.4. The van der Waals surface area contributed by atoms with Gasteiger partial charge in [-0.25, -0.2) is 4.79 Å². The van der Waals surface area contributed by atoms with Crippen molar-refractivity contribution in [1.82, 2.24) is 26.2 Å². The first-order valence-electron chi connectivity index (χ1n) is 16.5. The normalized spacial score (nSPS) is 17.2. The lowest BCUT2D eigenvalue weighted by atomic mass is 9.80. The molecule has 6 N–H and O–H groups in total. The van der Waals surface area contributed by atoms with Gasteiger partial charge in [0, 0.05) is 12.1 Å². The number of carbonyl (C=O) groups excluding carboxylic acids is 6. The standard InChI is InChI=1S/C26H44N6O6.C4H10.C2H6.CH4S/c1-25(2,3)20(30-24(38)28-14-18(33)31-26(4,5)6)23(37)32-12-8-11-17(32)22(36)29-16(19(34)21(27)35)13-15-9-7-10-15;1-4(2)3;2*1-2/h15-17,20H,7-14H2,1-6H3,(H2,27,35)(H,29,36)(H,31,33)(H2,28,30,38);4H,1-3H3;1-2H3;2H,1H3/t16?,17?,20-;;;/m1.../s1. The van der Waals surface area contributed by atoms with Crippen LogP contribution >= 0.6 is 12.6 Å². The quantitative estimate of drug-likeness (QED) is 0.153. The molecule has 12 nitrogen and oxygen atoms in total. The predicted molar refractivity (Wildman–Crippen MR) is 187 cm³/mol. The average Bonchev–Trinajstić information content (AvgIpc) is 3.41. The van der Waals surface area contributed by atoms with Crippen molar-refractivity contribution in [2.45, 2.75) is 138 Å². The summed E-state index contributed by atoms with van der Waals surface area (Å²) in [7, 11) is 0. The fraction of sp³-hybridized carbons (Fsp3) is 0.818. The Bertz CT molecular complexity index is 985. The van der Waals surface area contributed by atoms with Gasteiger partial charge in [-0.1, -0.05) is 74.7 Å². The highest BCUT2D eigenvalue weighted by molar-refractivity contribution is 7.79. The maximum Gasteiger partial charge on any atom is 0.315 e. The number of hydrogen-bond donors (Lipinski definition) is 6. The molecular formula is C33H64N6O6S. The van der Waals surface area contributed by atoms with Crippen LogP contribution in [0.2, 0.25) is 0 Å². The molecule has 268 valence electrons. The fourth-order valence-corrected chi connectivity index (χ4v) is 4.66. The van der Waals surface area contributed by atoms with E-state index in [-0.39, 0.29) is 18.4 Å². The molecule has 3 atom stereocenters. The van der Waals surface area contributed by atoms with E-state index in [9.17, 15) is 28.8 Å². The van der Waals surface area contributed by atoms with E-state index in [4.69, 9.17) is 5.73 Å². The van der Waals surface area contributed by atoms with Crippen LogP contribution in [-0.2, 0) is 24.0 Å². The molecule has 46 heavy (non-hydrogen) atoms. The van der Waals surface area contributed by atoms with Gasteiger partial charge in [-0.15, -0.1) is 0 Å². The Morgan fingerprint density at radius 1 is 0.870 bits per heavy atom. The minimum absolute atomic E-state index is 0.239. The minimum Gasteiger partial charge on any atom is -0.363 e. The lowest BCUT2D eigenvalue weighted by Gasteiger charge is -2.36. The molecule has 2 unspecified atom stereocenters. The molecule has 1 saturated carbocycles. The molecule has 0 bridgehead atoms. The summed E-state index contributed by atoms with van der Waals surface area (Å²) in [5.41, 5.74) is 4.05. The van der Waals surface area contributed by atoms with Gasteiger partial charge in [-0.2, -0.15) is 12.6 Å². The predicted octanol–water partition coefficient (Wildman–Crippen LogP) is 3.57. The molecule has 1 heterocycles. The van der Waals surface area contributed by atoms with Crippen molar-refractivity contribution in [3.63, 3.8) is 0 Å². The van der Waals surface area contributed by atoms with Gasteiger partial charge in [0.1, 0.15) is 12.1 Å². The van der Waals surface area contributed by atoms with E-state index >= 15 is 0 Å². The highest BCUT2D eigenvalue weighted by Crippen LogP contribution is 2.31. The van der Waals surface area contributed by atoms with Crippen molar-refractivity contribution in [2.24, 2.45) is 23.0 Å². The number of ketones is 1. The van der Waals surface area contributed by atoms with E-state index in [1.807, 2.05) is 34.6 Å². The van der Waals surface area contributed by atoms with Gasteiger partial charge < -0.3 is 31.9 Å². The van der Waals surface area contributed by atoms with Crippen LogP contribution in [0.1, 0.15) is 115 Å². The number of Topliss-reactive ketones (excluding diaryl/α,β-unsaturated/α-hetero) is 1. The van der Waals surface area contributed by atoms with Gasteiger partial charge in [0.2, 0.25) is 23.5 Å². The Morgan fingerprint density at radius 2 is 1.39 bits per heavy atom. The fourth-order valence-electron chi connectivity index (χ4n) is 4.66. The van der Waals surface area contributed by atoms with Crippen LogP contribution < -0.4 is 27.0 Å². The summed E-state index contributed by atoms with van der Waals surface area (Å²) in [5.74, 6) is -2.21. The topological polar surface area (TPSA) is 180 Å². The van der Waals surface area contributed by atoms with Crippen LogP contribution in [0.25, 0.3) is 0 Å². The van der Waals surface area contributed by atoms with Crippen LogP contribution in [-0.4, -0.2) is 83.4 Å². The van der Waals surface area contributed by atoms with E-state index in [0.29, 0.717) is 25.8 Å². The van der Waals surface area contributed by atoms with Crippen molar-refractivity contribution in [3.8, 4) is 0 Å². The van der Waals surface area contributed by atoms with Crippen LogP contribution in [0.3, 0.4) is 0 Å². The average molecular weight is 673 g/mol. The molecule has 6 amide bonds. The molecule has 1 aliphatic carbocycles. The first-order valence-corrected chi connectivity index (χ1v) is 17.4. The maximum atomic E-state index is 13.6. The maximum absolute atomic E-state index is 13.6. The third-order valence-electron chi connectivity index (χ3n) is 6.82. The van der Waals surface area contributed by atoms with Crippen molar-refractivity contribution >= 4 is 48.1 Å². The smallest absolute Gasteiger partial charge is 0.315 e. The Hall–Kier alpha value is -2.83. The van der Waals surface area contributed by atoms with Gasteiger partial charge in [-0.3, -0.25) is 24.0 Å². The van der Waals surface area contributed by atoms with E-state index in [1.165, 1.54) is 4.90 Å². The molecular weight excluding hydrogens is 608 g/mol. The SMILES string of the molecule is CC.CC(C)(C)NC(=O)CNC(=O)N[C@H](C(=O)N1CCCC1C(=O)NC(CC1CCC1)C(=O)C(N)=O)C(C)(C)C.CC(C)C.CS. The third-order valence-corrected chi connectivity index (χ3v) is 6.82. The molecule has 2 rings (SSSR count). The summed E-state index contributed by atoms with van der Waals surface area (Å²) in [4.78, 5) is 76.8. The Labute approximate surface area is 283 Å². The number of nitrogens with two attached hydrogens (primary N) is 1. The van der Waals surface area contributed by atoms with Gasteiger partial charge in [0.15, 0.2) is 0 Å². The zero-order valence-electron chi connectivity index (χ0n) is 30.5. The summed E-state index contributed by atoms with van der Waals surface area (Å²) in [6, 6.07) is -3.54. The number of hydrogen-bond acceptors (Lipinski definition) is 7. The number of rotatable bonds is 10. The summed E-state index contributed by atoms with van der Waals surface area (Å²) < 4.78 is 0. The molecule has 2 fully saturated rings. The third kappa shape index (κ3) is 17.8. The van der Waals surface area contributed by atoms with Crippen molar-refractivity contribution in [2.75, 3.05) is 19.3 Å². The van der Waals surface area contributed by atoms with E-state index in [1.54, 1.807) is 27.0 Å². The molecule has 0 aromatic carbocycles.